The van der Waals surface area contributed by atoms with Crippen molar-refractivity contribution in [1.82, 2.24) is 5.43 Å². The minimum absolute atomic E-state index is 0.0360. The van der Waals surface area contributed by atoms with E-state index < -0.39 is 4.92 Å². The molecule has 7 nitrogen and oxygen atoms in total. The lowest BCUT2D eigenvalue weighted by Gasteiger charge is -2.09. The highest BCUT2D eigenvalue weighted by Crippen LogP contribution is 2.27. The number of non-ortho nitro benzene ring substituents is 1. The van der Waals surface area contributed by atoms with Crippen LogP contribution in [0.5, 0.6) is 11.5 Å². The lowest BCUT2D eigenvalue weighted by Crippen LogP contribution is -2.06. The molecule has 2 rings (SSSR count). The van der Waals surface area contributed by atoms with Crippen LogP contribution >= 0.6 is 0 Å². The van der Waals surface area contributed by atoms with Crippen LogP contribution in [0.2, 0.25) is 0 Å². The molecule has 2 aromatic carbocycles. The lowest BCUT2D eigenvalue weighted by atomic mass is 10.2. The van der Waals surface area contributed by atoms with Gasteiger partial charge in [0.25, 0.3) is 5.69 Å². The molecule has 0 aliphatic carbocycles. The van der Waals surface area contributed by atoms with E-state index in [1.807, 2.05) is 18.2 Å². The van der Waals surface area contributed by atoms with Crippen molar-refractivity contribution in [3.8, 4) is 11.5 Å². The largest absolute Gasteiger partial charge is 0.493 e. The normalized spacial score (nSPS) is 10.5. The lowest BCUT2D eigenvalue weighted by molar-refractivity contribution is -0.384. The van der Waals surface area contributed by atoms with E-state index in [-0.39, 0.29) is 5.69 Å². The van der Waals surface area contributed by atoms with Gasteiger partial charge in [-0.05, 0) is 17.7 Å². The van der Waals surface area contributed by atoms with Gasteiger partial charge in [-0.1, -0.05) is 18.2 Å². The van der Waals surface area contributed by atoms with Crippen LogP contribution < -0.4 is 14.9 Å². The molecule has 23 heavy (non-hydrogen) atoms. The van der Waals surface area contributed by atoms with Gasteiger partial charge in [-0.15, -0.1) is 0 Å². The number of nitrogens with one attached hydrogen (secondary N) is 1. The molecular weight excluding hydrogens is 298 g/mol. The van der Waals surface area contributed by atoms with Gasteiger partial charge in [0.2, 0.25) is 0 Å². The van der Waals surface area contributed by atoms with Gasteiger partial charge in [0.15, 0.2) is 11.5 Å². The topological polar surface area (TPSA) is 86.0 Å². The number of hydrogen-bond acceptors (Lipinski definition) is 6. The summed E-state index contributed by atoms with van der Waals surface area (Å²) in [4.78, 5) is 10.3. The predicted octanol–water partition coefficient (Wildman–Crippen LogP) is 2.74. The van der Waals surface area contributed by atoms with Crippen molar-refractivity contribution in [1.29, 1.82) is 0 Å². The fourth-order valence-electron chi connectivity index (χ4n) is 1.97. The molecule has 0 radical (unpaired) electrons. The maximum Gasteiger partial charge on any atom is 0.270 e. The number of nitrogens with zero attached hydrogens (tertiary/aromatic N) is 2. The average molecular weight is 315 g/mol. The Labute approximate surface area is 133 Å². The van der Waals surface area contributed by atoms with Gasteiger partial charge < -0.3 is 14.9 Å². The van der Waals surface area contributed by atoms with Crippen molar-refractivity contribution in [3.05, 3.63) is 63.7 Å². The van der Waals surface area contributed by atoms with Gasteiger partial charge in [-0.25, -0.2) is 0 Å². The molecule has 0 amide bonds. The number of nitro benzene ring substituents is 1. The zero-order valence-electron chi connectivity index (χ0n) is 12.9. The smallest absolute Gasteiger partial charge is 0.270 e. The van der Waals surface area contributed by atoms with E-state index in [0.29, 0.717) is 23.6 Å². The van der Waals surface area contributed by atoms with Crippen molar-refractivity contribution in [2.45, 2.75) is 6.54 Å². The molecule has 0 bridgehead atoms. The highest BCUT2D eigenvalue weighted by Gasteiger charge is 2.05. The second-order valence-electron chi connectivity index (χ2n) is 4.63. The Balaban J connectivity index is 1.97. The number of rotatable bonds is 7. The first-order valence-electron chi connectivity index (χ1n) is 6.85. The van der Waals surface area contributed by atoms with Crippen LogP contribution in [0, 0.1) is 10.1 Å². The van der Waals surface area contributed by atoms with E-state index in [2.05, 4.69) is 10.5 Å². The second-order valence-corrected chi connectivity index (χ2v) is 4.63. The second kappa shape index (κ2) is 7.79. The van der Waals surface area contributed by atoms with Crippen molar-refractivity contribution in [2.75, 3.05) is 14.2 Å². The van der Waals surface area contributed by atoms with Gasteiger partial charge in [0, 0.05) is 17.7 Å². The number of ether oxygens (including phenoxy) is 2. The van der Waals surface area contributed by atoms with Gasteiger partial charge in [-0.2, -0.15) is 5.10 Å². The van der Waals surface area contributed by atoms with E-state index in [4.69, 9.17) is 9.47 Å². The summed E-state index contributed by atoms with van der Waals surface area (Å²) in [5.74, 6) is 1.31. The van der Waals surface area contributed by atoms with E-state index >= 15 is 0 Å². The summed E-state index contributed by atoms with van der Waals surface area (Å²) in [6.45, 7) is 0.492. The summed E-state index contributed by atoms with van der Waals surface area (Å²) >= 11 is 0. The van der Waals surface area contributed by atoms with Crippen LogP contribution in [0.1, 0.15) is 11.1 Å². The molecule has 0 fully saturated rings. The first-order chi connectivity index (χ1) is 11.1. The molecule has 0 aromatic heterocycles. The molecule has 0 saturated carbocycles. The van der Waals surface area contributed by atoms with Gasteiger partial charge in [0.1, 0.15) is 0 Å². The quantitative estimate of drug-likeness (QED) is 0.482. The standard InChI is InChI=1S/C16H17N3O4/c1-22-15-7-6-13(9-16(15)23-2)11-18-17-10-12-4-3-5-14(8-12)19(20)21/h3-10,18H,11H2,1-2H3/b17-10-. The molecular formula is C16H17N3O4. The number of benzene rings is 2. The Morgan fingerprint density at radius 2 is 1.96 bits per heavy atom. The third kappa shape index (κ3) is 4.44. The molecule has 1 N–H and O–H groups in total. The van der Waals surface area contributed by atoms with E-state index in [1.165, 1.54) is 18.3 Å². The monoisotopic (exact) mass is 315 g/mol. The Hall–Kier alpha value is -3.09. The summed E-state index contributed by atoms with van der Waals surface area (Å²) < 4.78 is 10.4. The van der Waals surface area contributed by atoms with Crippen molar-refractivity contribution in [2.24, 2.45) is 5.10 Å². The summed E-state index contributed by atoms with van der Waals surface area (Å²) in [6.07, 6.45) is 1.54. The molecule has 7 heteroatoms. The third-order valence-corrected chi connectivity index (χ3v) is 3.12. The van der Waals surface area contributed by atoms with Crippen LogP contribution in [-0.4, -0.2) is 25.4 Å². The van der Waals surface area contributed by atoms with Crippen molar-refractivity contribution >= 4 is 11.9 Å². The minimum atomic E-state index is -0.436. The summed E-state index contributed by atoms with van der Waals surface area (Å²) in [7, 11) is 3.16. The molecule has 0 atom stereocenters. The summed E-state index contributed by atoms with van der Waals surface area (Å²) in [6, 6.07) is 11.8. The van der Waals surface area contributed by atoms with Crippen molar-refractivity contribution < 1.29 is 14.4 Å². The van der Waals surface area contributed by atoms with Crippen LogP contribution in [0.15, 0.2) is 47.6 Å². The zero-order valence-corrected chi connectivity index (χ0v) is 12.9. The first kappa shape index (κ1) is 16.3. The van der Waals surface area contributed by atoms with Crippen LogP contribution in [-0.2, 0) is 6.54 Å². The van der Waals surface area contributed by atoms with E-state index in [1.54, 1.807) is 26.4 Å². The fourth-order valence-corrected chi connectivity index (χ4v) is 1.97. The van der Waals surface area contributed by atoms with Gasteiger partial charge >= 0.3 is 0 Å². The highest BCUT2D eigenvalue weighted by molar-refractivity contribution is 5.80. The third-order valence-electron chi connectivity index (χ3n) is 3.12. The number of nitro groups is 1. The van der Waals surface area contributed by atoms with Crippen LogP contribution in [0.3, 0.4) is 0 Å². The number of hydrogen-bond donors (Lipinski definition) is 1. The maximum atomic E-state index is 10.7. The Kier molecular flexibility index (Phi) is 5.51. The molecule has 0 saturated heterocycles. The Bertz CT molecular complexity index is 716. The van der Waals surface area contributed by atoms with Crippen LogP contribution in [0.25, 0.3) is 0 Å². The molecule has 120 valence electrons. The number of methoxy groups -OCH3 is 2. The van der Waals surface area contributed by atoms with Crippen molar-refractivity contribution in [3.63, 3.8) is 0 Å². The Morgan fingerprint density at radius 1 is 1.17 bits per heavy atom. The molecule has 0 unspecified atom stereocenters. The van der Waals surface area contributed by atoms with Gasteiger partial charge in [0.05, 0.1) is 31.9 Å². The summed E-state index contributed by atoms with van der Waals surface area (Å²) in [5, 5.41) is 14.8. The molecule has 2 aromatic rings. The highest BCUT2D eigenvalue weighted by atomic mass is 16.6. The molecule has 0 aliphatic rings. The molecule has 0 spiro atoms. The zero-order chi connectivity index (χ0) is 16.7. The Morgan fingerprint density at radius 3 is 2.65 bits per heavy atom. The average Bonchev–Trinajstić information content (AvgIpc) is 2.58. The minimum Gasteiger partial charge on any atom is -0.493 e. The molecule has 0 aliphatic heterocycles. The number of hydrazone groups is 1. The van der Waals surface area contributed by atoms with Gasteiger partial charge in [-0.3, -0.25) is 10.1 Å². The van der Waals surface area contributed by atoms with E-state index in [9.17, 15) is 10.1 Å². The van der Waals surface area contributed by atoms with E-state index in [0.717, 1.165) is 5.56 Å². The maximum absolute atomic E-state index is 10.7. The first-order valence-corrected chi connectivity index (χ1v) is 6.85. The fraction of sp³-hybridized carbons (Fsp3) is 0.188. The van der Waals surface area contributed by atoms with Crippen LogP contribution in [0.4, 0.5) is 5.69 Å². The summed E-state index contributed by atoms with van der Waals surface area (Å²) in [5.41, 5.74) is 4.55. The predicted molar refractivity (Wildman–Crippen MR) is 87.1 cm³/mol. The molecule has 0 heterocycles. The SMILES string of the molecule is COc1ccc(CN/N=C\c2cccc([N+](=O)[O-])c2)cc1OC.